The molecule has 3 aromatic rings. The van der Waals surface area contributed by atoms with E-state index in [-0.39, 0.29) is 29.8 Å². The Balaban J connectivity index is 1.96. The third kappa shape index (κ3) is 7.76. The Morgan fingerprint density at radius 3 is 2.15 bits per heavy atom. The Morgan fingerprint density at radius 2 is 1.56 bits per heavy atom. The van der Waals surface area contributed by atoms with Crippen molar-refractivity contribution in [1.29, 1.82) is 0 Å². The molecule has 1 amide bonds. The molecule has 0 aliphatic heterocycles. The summed E-state index contributed by atoms with van der Waals surface area (Å²) in [5.74, 6) is 0.463. The van der Waals surface area contributed by atoms with E-state index in [9.17, 15) is 18.3 Å². The lowest BCUT2D eigenvalue weighted by Gasteiger charge is -2.32. The van der Waals surface area contributed by atoms with Gasteiger partial charge >= 0.3 is 5.91 Å². The highest BCUT2D eigenvalue weighted by molar-refractivity contribution is 7.89. The highest BCUT2D eigenvalue weighted by Gasteiger charge is 2.37. The SMILES string of the molecule is CCc1ccccc1C(=O)[NH+](C)[C@@H](Cc1ccccc1)[C@H](O)CN(CC(C)C)S(=O)(=O)c1ccc(OC)cc1. The summed E-state index contributed by atoms with van der Waals surface area (Å²) in [6, 6.07) is 22.8. The minimum atomic E-state index is -3.91. The molecule has 3 aromatic carbocycles. The maximum atomic E-state index is 13.7. The molecule has 0 radical (unpaired) electrons. The van der Waals surface area contributed by atoms with Gasteiger partial charge in [-0.05, 0) is 53.8 Å². The minimum Gasteiger partial charge on any atom is -0.497 e. The summed E-state index contributed by atoms with van der Waals surface area (Å²) in [7, 11) is -0.623. The van der Waals surface area contributed by atoms with Crippen molar-refractivity contribution >= 4 is 15.9 Å². The number of sulfonamides is 1. The van der Waals surface area contributed by atoms with Crippen LogP contribution in [0, 0.1) is 5.92 Å². The van der Waals surface area contributed by atoms with Crippen LogP contribution in [0.3, 0.4) is 0 Å². The van der Waals surface area contributed by atoms with E-state index in [4.69, 9.17) is 4.74 Å². The second kappa shape index (κ2) is 13.8. The summed E-state index contributed by atoms with van der Waals surface area (Å²) in [4.78, 5) is 14.4. The molecule has 0 aromatic heterocycles. The lowest BCUT2D eigenvalue weighted by Crippen LogP contribution is -3.17. The summed E-state index contributed by atoms with van der Waals surface area (Å²) < 4.78 is 33.9. The topological polar surface area (TPSA) is 88.4 Å². The number of methoxy groups -OCH3 is 1. The van der Waals surface area contributed by atoms with Gasteiger partial charge in [-0.2, -0.15) is 4.31 Å². The van der Waals surface area contributed by atoms with Gasteiger partial charge in [0.1, 0.15) is 17.9 Å². The summed E-state index contributed by atoms with van der Waals surface area (Å²) >= 11 is 0. The van der Waals surface area contributed by atoms with E-state index in [0.29, 0.717) is 29.1 Å². The van der Waals surface area contributed by atoms with Crippen molar-refractivity contribution in [2.45, 2.75) is 50.7 Å². The second-order valence-corrected chi connectivity index (χ2v) is 12.2. The summed E-state index contributed by atoms with van der Waals surface area (Å²) in [6.07, 6.45) is 0.0183. The van der Waals surface area contributed by atoms with Crippen LogP contribution in [0.15, 0.2) is 83.8 Å². The summed E-state index contributed by atoms with van der Waals surface area (Å²) in [6.45, 7) is 5.98. The first-order valence-electron chi connectivity index (χ1n) is 13.4. The number of ether oxygens (including phenoxy) is 1. The number of aliphatic hydroxyl groups is 1. The smallest absolute Gasteiger partial charge is 0.344 e. The van der Waals surface area contributed by atoms with Gasteiger partial charge in [0, 0.05) is 19.5 Å². The van der Waals surface area contributed by atoms with Crippen molar-refractivity contribution < 1.29 is 28.0 Å². The molecule has 0 saturated carbocycles. The molecule has 0 spiro atoms. The highest BCUT2D eigenvalue weighted by atomic mass is 32.2. The van der Waals surface area contributed by atoms with E-state index in [2.05, 4.69) is 0 Å². The molecular weight excluding hydrogens is 512 g/mol. The molecule has 0 saturated heterocycles. The van der Waals surface area contributed by atoms with Crippen LogP contribution in [0.4, 0.5) is 0 Å². The van der Waals surface area contributed by atoms with E-state index >= 15 is 0 Å². The number of amides is 1. The highest BCUT2D eigenvalue weighted by Crippen LogP contribution is 2.21. The predicted molar refractivity (Wildman–Crippen MR) is 154 cm³/mol. The van der Waals surface area contributed by atoms with Crippen molar-refractivity contribution in [2.75, 3.05) is 27.2 Å². The van der Waals surface area contributed by atoms with E-state index in [0.717, 1.165) is 11.1 Å². The van der Waals surface area contributed by atoms with Crippen LogP contribution in [0.25, 0.3) is 0 Å². The molecule has 3 rings (SSSR count). The van der Waals surface area contributed by atoms with Crippen molar-refractivity contribution in [1.82, 2.24) is 4.31 Å². The van der Waals surface area contributed by atoms with Gasteiger partial charge in [-0.15, -0.1) is 0 Å². The van der Waals surface area contributed by atoms with Crippen molar-refractivity contribution in [2.24, 2.45) is 5.92 Å². The Bertz CT molecular complexity index is 1310. The third-order valence-corrected chi connectivity index (χ3v) is 8.82. The zero-order valence-electron chi connectivity index (χ0n) is 23.5. The number of aliphatic hydroxyl groups excluding tert-OH is 1. The standard InChI is InChI=1S/C31H40N2O5S/c1-6-25-14-10-11-15-28(25)31(35)32(4)29(20-24-12-8-7-9-13-24)30(34)22-33(21-23(2)3)39(36,37)27-18-16-26(38-5)17-19-27/h7-19,23,29-30,34H,6,20-22H2,1-5H3/p+1/t29-,30+/m0/s1. The van der Waals surface area contributed by atoms with Crippen LogP contribution in [0.5, 0.6) is 5.75 Å². The number of aryl methyl sites for hydroxylation is 1. The molecule has 3 atom stereocenters. The van der Waals surface area contributed by atoms with Gasteiger partial charge in [-0.25, -0.2) is 13.2 Å². The largest absolute Gasteiger partial charge is 0.497 e. The van der Waals surface area contributed by atoms with Gasteiger partial charge in [-0.3, -0.25) is 4.90 Å². The van der Waals surface area contributed by atoms with Crippen LogP contribution in [0.2, 0.25) is 0 Å². The number of rotatable bonds is 13. The van der Waals surface area contributed by atoms with Crippen LogP contribution >= 0.6 is 0 Å². The van der Waals surface area contributed by atoms with Gasteiger partial charge in [-0.1, -0.05) is 69.3 Å². The molecule has 2 N–H and O–H groups in total. The molecule has 0 heterocycles. The maximum Gasteiger partial charge on any atom is 0.344 e. The van der Waals surface area contributed by atoms with E-state index in [1.165, 1.54) is 23.5 Å². The molecule has 39 heavy (non-hydrogen) atoms. The molecule has 0 fully saturated rings. The maximum absolute atomic E-state index is 13.7. The fourth-order valence-corrected chi connectivity index (χ4v) is 6.41. The van der Waals surface area contributed by atoms with E-state index in [1.54, 1.807) is 19.2 Å². The first kappa shape index (κ1) is 30.5. The van der Waals surface area contributed by atoms with E-state index in [1.807, 2.05) is 75.4 Å². The van der Waals surface area contributed by atoms with Gasteiger partial charge < -0.3 is 9.84 Å². The van der Waals surface area contributed by atoms with Gasteiger partial charge in [0.05, 0.1) is 24.6 Å². The van der Waals surface area contributed by atoms with Crippen molar-refractivity contribution in [3.8, 4) is 5.75 Å². The fourth-order valence-electron chi connectivity index (χ4n) is 4.79. The third-order valence-electron chi connectivity index (χ3n) is 6.98. The molecule has 1 unspecified atom stereocenters. The number of nitrogens with one attached hydrogen (secondary N) is 1. The van der Waals surface area contributed by atoms with Crippen LogP contribution in [0.1, 0.15) is 42.3 Å². The Hall–Kier alpha value is -3.04. The zero-order chi connectivity index (χ0) is 28.6. The van der Waals surface area contributed by atoms with Crippen molar-refractivity contribution in [3.05, 3.63) is 95.6 Å². The quantitative estimate of drug-likeness (QED) is 0.339. The van der Waals surface area contributed by atoms with Gasteiger partial charge in [0.2, 0.25) is 10.0 Å². The van der Waals surface area contributed by atoms with E-state index < -0.39 is 22.2 Å². The molecule has 0 aliphatic rings. The fraction of sp³-hybridized carbons (Fsp3) is 0.387. The number of carbonyl (C=O) groups excluding carboxylic acids is 1. The van der Waals surface area contributed by atoms with Gasteiger partial charge in [0.15, 0.2) is 0 Å². The van der Waals surface area contributed by atoms with Crippen LogP contribution in [-0.2, 0) is 22.9 Å². The molecular formula is C31H41N2O5S+. The normalized spacial score (nSPS) is 14.3. The molecule has 7 nitrogen and oxygen atoms in total. The van der Waals surface area contributed by atoms with Crippen LogP contribution in [-0.4, -0.2) is 63.1 Å². The Labute approximate surface area is 233 Å². The molecule has 8 heteroatoms. The lowest BCUT2D eigenvalue weighted by atomic mass is 9.97. The average Bonchev–Trinajstić information content (AvgIpc) is 2.95. The minimum absolute atomic E-state index is 0.0286. The Morgan fingerprint density at radius 1 is 0.949 bits per heavy atom. The Kier molecular flexibility index (Phi) is 10.8. The second-order valence-electron chi connectivity index (χ2n) is 10.3. The first-order valence-corrected chi connectivity index (χ1v) is 14.8. The zero-order valence-corrected chi connectivity index (χ0v) is 24.3. The molecule has 0 bridgehead atoms. The number of nitrogens with zero attached hydrogens (tertiary/aromatic N) is 1. The number of likely N-dealkylation sites (N-methyl/N-ethyl adjacent to an activating group) is 1. The summed E-state index contributed by atoms with van der Waals surface area (Å²) in [5.41, 5.74) is 2.52. The predicted octanol–water partition coefficient (Wildman–Crippen LogP) is 3.23. The lowest BCUT2D eigenvalue weighted by molar-refractivity contribution is -0.825. The van der Waals surface area contributed by atoms with Gasteiger partial charge in [0.25, 0.3) is 0 Å². The van der Waals surface area contributed by atoms with Crippen LogP contribution < -0.4 is 9.64 Å². The molecule has 0 aliphatic carbocycles. The number of hydrogen-bond acceptors (Lipinski definition) is 5. The monoisotopic (exact) mass is 553 g/mol. The first-order chi connectivity index (χ1) is 18.6. The average molecular weight is 554 g/mol. The number of quaternary nitrogens is 1. The number of carbonyl (C=O) groups is 1. The number of hydrogen-bond donors (Lipinski definition) is 2. The molecule has 210 valence electrons. The van der Waals surface area contributed by atoms with Crippen molar-refractivity contribution in [3.63, 3.8) is 0 Å². The number of benzene rings is 3. The summed E-state index contributed by atoms with van der Waals surface area (Å²) in [5, 5.41) is 11.6.